The lowest BCUT2D eigenvalue weighted by molar-refractivity contribution is 0.329. The van der Waals surface area contributed by atoms with Crippen LogP contribution < -0.4 is 10.1 Å². The Morgan fingerprint density at radius 2 is 2.25 bits per heavy atom. The molecule has 0 amide bonds. The predicted molar refractivity (Wildman–Crippen MR) is 94.8 cm³/mol. The molecule has 1 N–H and O–H groups in total. The van der Waals surface area contributed by atoms with Gasteiger partial charge in [-0.25, -0.2) is 4.98 Å². The SMILES string of the molecule is C=NCC(C)(C)n1cc(Nc2ncc(Cl)c(OC)n2)c(C2CC2)n1. The Hall–Kier alpha value is -2.15. The number of methoxy groups -OCH3 is 1. The standard InChI is InChI=1S/C16H21ClN6O/c1-16(2,9-18-3)23-8-12(13(22-23)10-5-6-10)20-15-19-7-11(17)14(21-15)24-4/h7-8,10H,3,5-6,9H2,1-2,4H3,(H,19,20,21). The van der Waals surface area contributed by atoms with Gasteiger partial charge in [0.2, 0.25) is 11.8 Å². The molecule has 24 heavy (non-hydrogen) atoms. The Kier molecular flexibility index (Phi) is 4.45. The normalized spacial score (nSPS) is 14.5. The maximum absolute atomic E-state index is 5.98. The lowest BCUT2D eigenvalue weighted by Gasteiger charge is -2.22. The number of aromatic nitrogens is 4. The van der Waals surface area contributed by atoms with Gasteiger partial charge in [0, 0.05) is 12.1 Å². The van der Waals surface area contributed by atoms with Gasteiger partial charge in [-0.15, -0.1) is 0 Å². The van der Waals surface area contributed by atoms with Crippen molar-refractivity contribution in [3.05, 3.63) is 23.1 Å². The highest BCUT2D eigenvalue weighted by molar-refractivity contribution is 6.31. The van der Waals surface area contributed by atoms with Crippen LogP contribution in [0.5, 0.6) is 5.88 Å². The molecule has 0 spiro atoms. The van der Waals surface area contributed by atoms with Crippen LogP contribution in [0.1, 0.15) is 38.3 Å². The third-order valence-corrected chi connectivity index (χ3v) is 4.24. The van der Waals surface area contributed by atoms with Gasteiger partial charge < -0.3 is 10.1 Å². The van der Waals surface area contributed by atoms with E-state index in [0.717, 1.165) is 24.2 Å². The van der Waals surface area contributed by atoms with E-state index >= 15 is 0 Å². The molecule has 1 fully saturated rings. The van der Waals surface area contributed by atoms with Gasteiger partial charge in [0.1, 0.15) is 5.02 Å². The van der Waals surface area contributed by atoms with Crippen LogP contribution in [0.4, 0.5) is 11.6 Å². The highest BCUT2D eigenvalue weighted by Crippen LogP contribution is 2.43. The van der Waals surface area contributed by atoms with Crippen molar-refractivity contribution in [1.82, 2.24) is 19.7 Å². The summed E-state index contributed by atoms with van der Waals surface area (Å²) in [5, 5.41) is 8.39. The minimum absolute atomic E-state index is 0.246. The van der Waals surface area contributed by atoms with E-state index in [1.54, 1.807) is 0 Å². The molecule has 0 aromatic carbocycles. The molecule has 1 saturated carbocycles. The first kappa shape index (κ1) is 16.7. The maximum Gasteiger partial charge on any atom is 0.237 e. The summed E-state index contributed by atoms with van der Waals surface area (Å²) in [6, 6.07) is 0. The van der Waals surface area contributed by atoms with Crippen LogP contribution in [0.3, 0.4) is 0 Å². The van der Waals surface area contributed by atoms with E-state index in [-0.39, 0.29) is 5.54 Å². The summed E-state index contributed by atoms with van der Waals surface area (Å²) < 4.78 is 7.08. The number of hydrogen-bond donors (Lipinski definition) is 1. The number of halogens is 1. The molecule has 0 aliphatic heterocycles. The quantitative estimate of drug-likeness (QED) is 0.776. The molecule has 8 heteroatoms. The minimum atomic E-state index is -0.246. The Bertz CT molecular complexity index is 753. The smallest absolute Gasteiger partial charge is 0.237 e. The number of ether oxygens (including phenoxy) is 1. The Labute approximate surface area is 146 Å². The maximum atomic E-state index is 5.98. The first-order valence-electron chi connectivity index (χ1n) is 7.80. The van der Waals surface area contributed by atoms with E-state index in [4.69, 9.17) is 21.4 Å². The largest absolute Gasteiger partial charge is 0.480 e. The second kappa shape index (κ2) is 6.39. The molecule has 7 nitrogen and oxygen atoms in total. The molecule has 1 aliphatic carbocycles. The summed E-state index contributed by atoms with van der Waals surface area (Å²) in [6.07, 6.45) is 5.79. The van der Waals surface area contributed by atoms with Gasteiger partial charge in [-0.1, -0.05) is 11.6 Å². The number of nitrogens with one attached hydrogen (secondary N) is 1. The molecule has 1 aliphatic rings. The summed E-state index contributed by atoms with van der Waals surface area (Å²) in [5.74, 6) is 1.25. The van der Waals surface area contributed by atoms with Crippen molar-refractivity contribution in [2.24, 2.45) is 4.99 Å². The molecule has 2 heterocycles. The Balaban J connectivity index is 1.92. The first-order valence-corrected chi connectivity index (χ1v) is 8.18. The molecule has 2 aromatic rings. The number of anilines is 2. The highest BCUT2D eigenvalue weighted by atomic mass is 35.5. The summed E-state index contributed by atoms with van der Waals surface area (Å²) in [5.41, 5.74) is 1.69. The molecular formula is C16H21ClN6O. The number of nitrogens with zero attached hydrogens (tertiary/aromatic N) is 5. The van der Waals surface area contributed by atoms with Crippen LogP contribution in [0, 0.1) is 0 Å². The van der Waals surface area contributed by atoms with Crippen molar-refractivity contribution in [3.63, 3.8) is 0 Å². The fraction of sp³-hybridized carbons (Fsp3) is 0.500. The Morgan fingerprint density at radius 3 is 2.88 bits per heavy atom. The van der Waals surface area contributed by atoms with Crippen LogP contribution in [-0.2, 0) is 5.54 Å². The fourth-order valence-corrected chi connectivity index (χ4v) is 2.64. The van der Waals surface area contributed by atoms with Gasteiger partial charge in [0.05, 0.1) is 36.8 Å². The molecule has 0 atom stereocenters. The monoisotopic (exact) mass is 348 g/mol. The van der Waals surface area contributed by atoms with Crippen LogP contribution in [0.2, 0.25) is 5.02 Å². The second-order valence-corrected chi connectivity index (χ2v) is 6.92. The van der Waals surface area contributed by atoms with E-state index in [1.165, 1.54) is 13.3 Å². The van der Waals surface area contributed by atoms with Gasteiger partial charge in [0.25, 0.3) is 0 Å². The molecule has 0 unspecified atom stereocenters. The molecule has 2 aromatic heterocycles. The highest BCUT2D eigenvalue weighted by Gasteiger charge is 2.32. The molecule has 0 saturated heterocycles. The van der Waals surface area contributed by atoms with Crippen molar-refractivity contribution in [3.8, 4) is 5.88 Å². The van der Waals surface area contributed by atoms with Crippen molar-refractivity contribution in [1.29, 1.82) is 0 Å². The van der Waals surface area contributed by atoms with Crippen LogP contribution in [-0.4, -0.2) is 40.1 Å². The molecular weight excluding hydrogens is 328 g/mol. The minimum Gasteiger partial charge on any atom is -0.480 e. The van der Waals surface area contributed by atoms with Gasteiger partial charge in [-0.2, -0.15) is 10.1 Å². The second-order valence-electron chi connectivity index (χ2n) is 6.52. The van der Waals surface area contributed by atoms with Crippen molar-refractivity contribution in [2.75, 3.05) is 19.0 Å². The number of rotatable bonds is 7. The van der Waals surface area contributed by atoms with E-state index in [0.29, 0.717) is 29.3 Å². The lowest BCUT2D eigenvalue weighted by Crippen LogP contribution is -2.30. The van der Waals surface area contributed by atoms with Crippen LogP contribution in [0.25, 0.3) is 0 Å². The Morgan fingerprint density at radius 1 is 1.50 bits per heavy atom. The van der Waals surface area contributed by atoms with Gasteiger partial charge in [0.15, 0.2) is 0 Å². The number of hydrogen-bond acceptors (Lipinski definition) is 6. The zero-order chi connectivity index (χ0) is 17.3. The van der Waals surface area contributed by atoms with Crippen molar-refractivity contribution in [2.45, 2.75) is 38.1 Å². The molecule has 0 bridgehead atoms. The zero-order valence-electron chi connectivity index (χ0n) is 14.1. The lowest BCUT2D eigenvalue weighted by atomic mass is 10.1. The third kappa shape index (κ3) is 3.36. The topological polar surface area (TPSA) is 77.2 Å². The van der Waals surface area contributed by atoms with E-state index in [2.05, 4.69) is 40.8 Å². The molecule has 128 valence electrons. The van der Waals surface area contributed by atoms with Crippen molar-refractivity contribution >= 4 is 30.0 Å². The summed E-state index contributed by atoms with van der Waals surface area (Å²) in [7, 11) is 1.52. The summed E-state index contributed by atoms with van der Waals surface area (Å²) in [6.45, 7) is 8.34. The van der Waals surface area contributed by atoms with Crippen LogP contribution in [0.15, 0.2) is 17.4 Å². The zero-order valence-corrected chi connectivity index (χ0v) is 14.8. The molecule has 3 rings (SSSR count). The molecule has 0 radical (unpaired) electrons. The van der Waals surface area contributed by atoms with Gasteiger partial charge in [-0.05, 0) is 33.4 Å². The number of aliphatic imine (C=N–C) groups is 1. The third-order valence-electron chi connectivity index (χ3n) is 3.98. The van der Waals surface area contributed by atoms with Crippen LogP contribution >= 0.6 is 11.6 Å². The van der Waals surface area contributed by atoms with Crippen molar-refractivity contribution < 1.29 is 4.74 Å². The van der Waals surface area contributed by atoms with Gasteiger partial charge in [-0.3, -0.25) is 9.67 Å². The predicted octanol–water partition coefficient (Wildman–Crippen LogP) is 3.39. The van der Waals surface area contributed by atoms with E-state index < -0.39 is 0 Å². The average Bonchev–Trinajstić information content (AvgIpc) is 3.29. The average molecular weight is 349 g/mol. The summed E-state index contributed by atoms with van der Waals surface area (Å²) >= 11 is 5.98. The first-order chi connectivity index (χ1) is 11.4. The summed E-state index contributed by atoms with van der Waals surface area (Å²) in [4.78, 5) is 12.5. The fourth-order valence-electron chi connectivity index (χ4n) is 2.47. The van der Waals surface area contributed by atoms with E-state index in [1.807, 2.05) is 10.9 Å². The van der Waals surface area contributed by atoms with Gasteiger partial charge >= 0.3 is 0 Å². The van der Waals surface area contributed by atoms with E-state index in [9.17, 15) is 0 Å².